The number of nitrogens with zero attached hydrogens (tertiary/aromatic N) is 4. The molecule has 176 valence electrons. The molecular weight excluding hydrogens is 432 g/mol. The molecule has 1 aromatic carbocycles. The van der Waals surface area contributed by atoms with Crippen molar-refractivity contribution in [3.8, 4) is 6.07 Å². The second-order valence-electron chi connectivity index (χ2n) is 9.03. The molecule has 0 aliphatic carbocycles. The summed E-state index contributed by atoms with van der Waals surface area (Å²) in [5, 5.41) is 20.1. The van der Waals surface area contributed by atoms with Gasteiger partial charge in [-0.15, -0.1) is 0 Å². The fourth-order valence-electron chi connectivity index (χ4n) is 3.93. The fraction of sp³-hybridized carbons (Fsp3) is 0.545. The highest BCUT2D eigenvalue weighted by molar-refractivity contribution is 5.90. The van der Waals surface area contributed by atoms with Crippen LogP contribution < -0.4 is 0 Å². The average molecular weight is 458 g/mol. The highest BCUT2D eigenvalue weighted by Crippen LogP contribution is 2.28. The van der Waals surface area contributed by atoms with E-state index in [1.165, 1.54) is 34.1 Å². The Labute approximate surface area is 191 Å². The Morgan fingerprint density at radius 3 is 2.42 bits per heavy atom. The summed E-state index contributed by atoms with van der Waals surface area (Å²) in [6.45, 7) is 5.49. The van der Waals surface area contributed by atoms with Crippen LogP contribution in [0, 0.1) is 21.4 Å². The molecule has 0 aromatic heterocycles. The topological polar surface area (TPSA) is 143 Å². The molecule has 2 amide bonds. The third-order valence-corrected chi connectivity index (χ3v) is 5.45. The number of carbonyl (C=O) groups is 3. The quantitative estimate of drug-likeness (QED) is 0.381. The van der Waals surface area contributed by atoms with Gasteiger partial charge in [-0.2, -0.15) is 5.26 Å². The van der Waals surface area contributed by atoms with Gasteiger partial charge in [0.15, 0.2) is 0 Å². The molecule has 0 N–H and O–H groups in total. The van der Waals surface area contributed by atoms with Crippen LogP contribution in [0.5, 0.6) is 0 Å². The van der Waals surface area contributed by atoms with E-state index in [0.29, 0.717) is 19.4 Å². The minimum absolute atomic E-state index is 0.0465. The minimum Gasteiger partial charge on any atom is -0.457 e. The number of nitro benzene ring substituents is 1. The fourth-order valence-corrected chi connectivity index (χ4v) is 3.93. The van der Waals surface area contributed by atoms with E-state index < -0.39 is 40.8 Å². The van der Waals surface area contributed by atoms with Crippen molar-refractivity contribution in [3.63, 3.8) is 0 Å². The molecule has 3 atom stereocenters. The number of carbonyl (C=O) groups excluding carboxylic acids is 3. The van der Waals surface area contributed by atoms with Crippen LogP contribution in [0.1, 0.15) is 50.4 Å². The van der Waals surface area contributed by atoms with Crippen molar-refractivity contribution in [2.24, 2.45) is 0 Å². The van der Waals surface area contributed by atoms with Crippen LogP contribution in [-0.2, 0) is 14.3 Å². The van der Waals surface area contributed by atoms with Crippen LogP contribution in [0.3, 0.4) is 0 Å². The SMILES string of the molecule is CC(C)(C)OC(=O)N1C[C@@H](OC(=O)c2ccc([N+](=O)[O-])cc2)C[C@H]1C(=O)N1CCC[C@H]1C#N. The van der Waals surface area contributed by atoms with Crippen LogP contribution in [0.15, 0.2) is 24.3 Å². The molecule has 1 aromatic rings. The van der Waals surface area contributed by atoms with Gasteiger partial charge in [0.25, 0.3) is 5.69 Å². The molecule has 0 spiro atoms. The van der Waals surface area contributed by atoms with Crippen molar-refractivity contribution < 1.29 is 28.8 Å². The number of likely N-dealkylation sites (tertiary alicyclic amines) is 2. The van der Waals surface area contributed by atoms with Gasteiger partial charge in [0.1, 0.15) is 23.8 Å². The Kier molecular flexibility index (Phi) is 6.86. The molecular formula is C22H26N4O7. The summed E-state index contributed by atoms with van der Waals surface area (Å²) in [4.78, 5) is 51.5. The first kappa shape index (κ1) is 24.0. The lowest BCUT2D eigenvalue weighted by Gasteiger charge is -2.30. The molecule has 33 heavy (non-hydrogen) atoms. The number of amides is 2. The molecule has 11 nitrogen and oxygen atoms in total. The normalized spacial score (nSPS) is 22.5. The van der Waals surface area contributed by atoms with E-state index in [4.69, 9.17) is 9.47 Å². The van der Waals surface area contributed by atoms with Crippen molar-refractivity contribution >= 4 is 23.7 Å². The maximum Gasteiger partial charge on any atom is 0.411 e. The molecule has 2 heterocycles. The predicted octanol–water partition coefficient (Wildman–Crippen LogP) is 2.64. The maximum atomic E-state index is 13.2. The van der Waals surface area contributed by atoms with E-state index in [1.54, 1.807) is 20.8 Å². The molecule has 2 saturated heterocycles. The van der Waals surface area contributed by atoms with Gasteiger partial charge >= 0.3 is 12.1 Å². The first-order valence-electron chi connectivity index (χ1n) is 10.7. The number of rotatable bonds is 4. The van der Waals surface area contributed by atoms with E-state index >= 15 is 0 Å². The molecule has 2 fully saturated rings. The lowest BCUT2D eigenvalue weighted by atomic mass is 10.1. The third kappa shape index (κ3) is 5.58. The van der Waals surface area contributed by atoms with Gasteiger partial charge in [0, 0.05) is 25.1 Å². The summed E-state index contributed by atoms with van der Waals surface area (Å²) in [5.74, 6) is -1.10. The van der Waals surface area contributed by atoms with E-state index in [-0.39, 0.29) is 30.1 Å². The number of ether oxygens (including phenoxy) is 2. The molecule has 0 unspecified atom stereocenters. The van der Waals surface area contributed by atoms with Crippen molar-refractivity contribution in [3.05, 3.63) is 39.9 Å². The lowest BCUT2D eigenvalue weighted by molar-refractivity contribution is -0.384. The molecule has 11 heteroatoms. The molecule has 2 aliphatic heterocycles. The highest BCUT2D eigenvalue weighted by atomic mass is 16.6. The summed E-state index contributed by atoms with van der Waals surface area (Å²) in [6.07, 6.45) is -0.160. The maximum absolute atomic E-state index is 13.2. The molecule has 3 rings (SSSR count). The number of hydrogen-bond donors (Lipinski definition) is 0. The van der Waals surface area contributed by atoms with Gasteiger partial charge < -0.3 is 14.4 Å². The second kappa shape index (κ2) is 9.44. The Morgan fingerprint density at radius 2 is 1.85 bits per heavy atom. The van der Waals surface area contributed by atoms with Gasteiger partial charge in [-0.1, -0.05) is 0 Å². The molecule has 0 bridgehead atoms. The second-order valence-corrected chi connectivity index (χ2v) is 9.03. The molecule has 0 saturated carbocycles. The van der Waals surface area contributed by atoms with Crippen LogP contribution in [0.2, 0.25) is 0 Å². The van der Waals surface area contributed by atoms with Gasteiger partial charge in [-0.05, 0) is 45.7 Å². The first-order chi connectivity index (χ1) is 15.5. The number of non-ortho nitro benzene ring substituents is 1. The number of nitro groups is 1. The van der Waals surface area contributed by atoms with Gasteiger partial charge in [0.2, 0.25) is 5.91 Å². The van der Waals surface area contributed by atoms with Crippen LogP contribution in [0.4, 0.5) is 10.5 Å². The number of esters is 1. The minimum atomic E-state index is -0.927. The third-order valence-electron chi connectivity index (χ3n) is 5.45. The van der Waals surface area contributed by atoms with E-state index in [2.05, 4.69) is 6.07 Å². The number of hydrogen-bond acceptors (Lipinski definition) is 8. The van der Waals surface area contributed by atoms with Crippen molar-refractivity contribution in [1.29, 1.82) is 5.26 Å². The largest absolute Gasteiger partial charge is 0.457 e. The van der Waals surface area contributed by atoms with E-state index in [1.807, 2.05) is 0 Å². The number of nitriles is 1. The van der Waals surface area contributed by atoms with Gasteiger partial charge in [0.05, 0.1) is 23.1 Å². The van der Waals surface area contributed by atoms with Crippen molar-refractivity contribution in [1.82, 2.24) is 9.80 Å². The van der Waals surface area contributed by atoms with E-state index in [9.17, 15) is 29.8 Å². The molecule has 0 radical (unpaired) electrons. The predicted molar refractivity (Wildman–Crippen MR) is 114 cm³/mol. The Bertz CT molecular complexity index is 980. The summed E-state index contributed by atoms with van der Waals surface area (Å²) in [7, 11) is 0. The summed E-state index contributed by atoms with van der Waals surface area (Å²) < 4.78 is 10.9. The standard InChI is InChI=1S/C22H26N4O7/c1-22(2,3)33-21(29)25-13-17(11-18(25)19(27)24-10-4-5-16(24)12-23)32-20(28)14-6-8-15(9-7-14)26(30)31/h6-9,16-18H,4-5,10-11,13H2,1-3H3/t16-,17-,18-/m0/s1. The zero-order chi connectivity index (χ0) is 24.3. The average Bonchev–Trinajstić information content (AvgIpc) is 3.39. The summed E-state index contributed by atoms with van der Waals surface area (Å²) >= 11 is 0. The van der Waals surface area contributed by atoms with E-state index in [0.717, 1.165) is 0 Å². The Morgan fingerprint density at radius 1 is 1.18 bits per heavy atom. The van der Waals surface area contributed by atoms with Crippen LogP contribution >= 0.6 is 0 Å². The monoisotopic (exact) mass is 458 g/mol. The zero-order valence-corrected chi connectivity index (χ0v) is 18.7. The summed E-state index contributed by atoms with van der Waals surface area (Å²) in [5.41, 5.74) is -0.837. The smallest absolute Gasteiger partial charge is 0.411 e. The zero-order valence-electron chi connectivity index (χ0n) is 18.7. The van der Waals surface area contributed by atoms with Crippen LogP contribution in [0.25, 0.3) is 0 Å². The van der Waals surface area contributed by atoms with Crippen molar-refractivity contribution in [2.45, 2.75) is 63.8 Å². The Hall–Kier alpha value is -3.68. The first-order valence-corrected chi connectivity index (χ1v) is 10.7. The van der Waals surface area contributed by atoms with Crippen molar-refractivity contribution in [2.75, 3.05) is 13.1 Å². The Balaban J connectivity index is 1.76. The lowest BCUT2D eigenvalue weighted by Crippen LogP contribution is -2.50. The summed E-state index contributed by atoms with van der Waals surface area (Å²) in [6, 6.07) is 5.59. The highest BCUT2D eigenvalue weighted by Gasteiger charge is 2.46. The van der Waals surface area contributed by atoms with Gasteiger partial charge in [-0.3, -0.25) is 19.8 Å². The number of benzene rings is 1. The van der Waals surface area contributed by atoms with Crippen LogP contribution in [-0.4, -0.2) is 69.6 Å². The molecule has 2 aliphatic rings. The van der Waals surface area contributed by atoms with Gasteiger partial charge in [-0.25, -0.2) is 9.59 Å².